The molecule has 18 heavy (non-hydrogen) atoms. The fourth-order valence-electron chi connectivity index (χ4n) is 2.06. The van der Waals surface area contributed by atoms with E-state index in [-0.39, 0.29) is 22.7 Å². The van der Waals surface area contributed by atoms with E-state index in [2.05, 4.69) is 10.3 Å². The van der Waals surface area contributed by atoms with Gasteiger partial charge in [-0.15, -0.1) is 0 Å². The van der Waals surface area contributed by atoms with Crippen molar-refractivity contribution in [3.05, 3.63) is 33.1 Å². The molecule has 100 valence electrons. The molecule has 0 saturated carbocycles. The monoisotopic (exact) mass is 271 g/mol. The second kappa shape index (κ2) is 6.66. The summed E-state index contributed by atoms with van der Waals surface area (Å²) in [5.74, 6) is -0.0346. The minimum Gasteiger partial charge on any atom is -0.314 e. The Bertz CT molecular complexity index is 426. The Morgan fingerprint density at radius 1 is 1.56 bits per heavy atom. The third-order valence-electron chi connectivity index (χ3n) is 3.00. The predicted molar refractivity (Wildman–Crippen MR) is 72.1 cm³/mol. The summed E-state index contributed by atoms with van der Waals surface area (Å²) >= 11 is 5.76. The summed E-state index contributed by atoms with van der Waals surface area (Å²) < 4.78 is 0. The predicted octanol–water partition coefficient (Wildman–Crippen LogP) is 3.13. The molecule has 6 heteroatoms. The van der Waals surface area contributed by atoms with Crippen LogP contribution in [0.3, 0.4) is 0 Å². The first-order chi connectivity index (χ1) is 8.51. The highest BCUT2D eigenvalue weighted by molar-refractivity contribution is 6.30. The third kappa shape index (κ3) is 3.40. The molecule has 1 heterocycles. The number of rotatable bonds is 6. The van der Waals surface area contributed by atoms with Crippen molar-refractivity contribution in [3.63, 3.8) is 0 Å². The first-order valence-corrected chi connectivity index (χ1v) is 6.42. The van der Waals surface area contributed by atoms with Crippen molar-refractivity contribution in [1.82, 2.24) is 10.3 Å². The smallest absolute Gasteiger partial charge is 0.292 e. The van der Waals surface area contributed by atoms with Crippen molar-refractivity contribution in [3.8, 4) is 0 Å². The Labute approximate surface area is 112 Å². The summed E-state index contributed by atoms with van der Waals surface area (Å²) in [7, 11) is 0. The van der Waals surface area contributed by atoms with E-state index in [0.29, 0.717) is 5.69 Å². The average molecular weight is 272 g/mol. The van der Waals surface area contributed by atoms with Crippen molar-refractivity contribution in [2.24, 2.45) is 0 Å². The zero-order valence-electron chi connectivity index (χ0n) is 10.8. The summed E-state index contributed by atoms with van der Waals surface area (Å²) in [4.78, 5) is 14.7. The molecule has 2 atom stereocenters. The van der Waals surface area contributed by atoms with Crippen LogP contribution >= 0.6 is 11.6 Å². The lowest BCUT2D eigenvalue weighted by Crippen LogP contribution is -2.33. The molecule has 0 aliphatic carbocycles. The molecule has 0 fully saturated rings. The summed E-state index contributed by atoms with van der Waals surface area (Å²) in [5.41, 5.74) is 0.476. The Balaban J connectivity index is 3.11. The Hall–Kier alpha value is -1.20. The van der Waals surface area contributed by atoms with Gasteiger partial charge in [0.25, 0.3) is 5.69 Å². The second-order valence-electron chi connectivity index (χ2n) is 4.18. The van der Waals surface area contributed by atoms with Crippen LogP contribution in [-0.2, 0) is 0 Å². The Morgan fingerprint density at radius 2 is 2.22 bits per heavy atom. The summed E-state index contributed by atoms with van der Waals surface area (Å²) in [6.07, 6.45) is 2.34. The molecule has 1 rings (SSSR count). The largest absolute Gasteiger partial charge is 0.314 e. The fraction of sp³-hybridized carbons (Fsp3) is 0.583. The van der Waals surface area contributed by atoms with Gasteiger partial charge in [0.2, 0.25) is 0 Å². The SMILES string of the molecule is CCNC(CC)C(C)c1ncc(Cl)cc1[N+](=O)[O-]. The van der Waals surface area contributed by atoms with Gasteiger partial charge in [-0.1, -0.05) is 32.4 Å². The summed E-state index contributed by atoms with van der Waals surface area (Å²) in [6.45, 7) is 6.83. The molecule has 0 radical (unpaired) electrons. The van der Waals surface area contributed by atoms with Gasteiger partial charge in [0, 0.05) is 24.2 Å². The maximum absolute atomic E-state index is 11.0. The zero-order valence-corrected chi connectivity index (χ0v) is 11.6. The van der Waals surface area contributed by atoms with Gasteiger partial charge in [-0.3, -0.25) is 15.1 Å². The molecule has 0 saturated heterocycles. The van der Waals surface area contributed by atoms with E-state index in [4.69, 9.17) is 11.6 Å². The molecule has 0 aliphatic heterocycles. The quantitative estimate of drug-likeness (QED) is 0.637. The van der Waals surface area contributed by atoms with E-state index in [1.54, 1.807) is 0 Å². The van der Waals surface area contributed by atoms with Crippen LogP contribution in [0.5, 0.6) is 0 Å². The van der Waals surface area contributed by atoms with Crippen LogP contribution in [0, 0.1) is 10.1 Å². The molecule has 1 aromatic rings. The first kappa shape index (κ1) is 14.9. The number of hydrogen-bond donors (Lipinski definition) is 1. The number of nitrogens with zero attached hydrogens (tertiary/aromatic N) is 2. The van der Waals surface area contributed by atoms with Crippen molar-refractivity contribution < 1.29 is 4.92 Å². The molecular weight excluding hydrogens is 254 g/mol. The zero-order chi connectivity index (χ0) is 13.7. The van der Waals surface area contributed by atoms with Gasteiger partial charge in [0.1, 0.15) is 5.69 Å². The van der Waals surface area contributed by atoms with Crippen molar-refractivity contribution in [2.75, 3.05) is 6.54 Å². The van der Waals surface area contributed by atoms with Gasteiger partial charge in [0.05, 0.1) is 9.95 Å². The summed E-state index contributed by atoms with van der Waals surface area (Å²) in [6, 6.07) is 1.53. The van der Waals surface area contributed by atoms with E-state index in [0.717, 1.165) is 13.0 Å². The van der Waals surface area contributed by atoms with Crippen molar-refractivity contribution in [1.29, 1.82) is 0 Å². The lowest BCUT2D eigenvalue weighted by atomic mass is 9.94. The van der Waals surface area contributed by atoms with Crippen LogP contribution < -0.4 is 5.32 Å². The third-order valence-corrected chi connectivity index (χ3v) is 3.21. The molecule has 5 nitrogen and oxygen atoms in total. The molecule has 0 bridgehead atoms. The second-order valence-corrected chi connectivity index (χ2v) is 4.61. The summed E-state index contributed by atoms with van der Waals surface area (Å²) in [5, 5.41) is 14.6. The maximum atomic E-state index is 11.0. The normalized spacial score (nSPS) is 14.2. The van der Waals surface area contributed by atoms with E-state index >= 15 is 0 Å². The standard InChI is InChI=1S/C12H18ClN3O2/c1-4-10(14-5-2)8(3)12-11(16(17)18)6-9(13)7-15-12/h6-8,10,14H,4-5H2,1-3H3. The molecule has 0 aliphatic rings. The first-order valence-electron chi connectivity index (χ1n) is 6.04. The lowest BCUT2D eigenvalue weighted by Gasteiger charge is -2.22. The van der Waals surface area contributed by atoms with E-state index in [1.165, 1.54) is 12.3 Å². The van der Waals surface area contributed by atoms with Gasteiger partial charge >= 0.3 is 0 Å². The van der Waals surface area contributed by atoms with E-state index < -0.39 is 4.92 Å². The number of nitro groups is 1. The number of hydrogen-bond acceptors (Lipinski definition) is 4. The Kier molecular flexibility index (Phi) is 5.50. The van der Waals surface area contributed by atoms with Crippen LogP contribution in [-0.4, -0.2) is 22.5 Å². The highest BCUT2D eigenvalue weighted by Gasteiger charge is 2.26. The topological polar surface area (TPSA) is 68.1 Å². The maximum Gasteiger partial charge on any atom is 0.292 e. The van der Waals surface area contributed by atoms with Crippen LogP contribution in [0.25, 0.3) is 0 Å². The highest BCUT2D eigenvalue weighted by Crippen LogP contribution is 2.29. The van der Waals surface area contributed by atoms with Gasteiger partial charge in [-0.2, -0.15) is 0 Å². The molecule has 2 unspecified atom stereocenters. The number of likely N-dealkylation sites (N-methyl/N-ethyl adjacent to an activating group) is 1. The molecule has 1 N–H and O–H groups in total. The fourth-order valence-corrected chi connectivity index (χ4v) is 2.22. The number of nitrogens with one attached hydrogen (secondary N) is 1. The van der Waals surface area contributed by atoms with Crippen LogP contribution in [0.4, 0.5) is 5.69 Å². The number of aromatic nitrogens is 1. The van der Waals surface area contributed by atoms with E-state index in [1.807, 2.05) is 20.8 Å². The van der Waals surface area contributed by atoms with Gasteiger partial charge in [-0.05, 0) is 13.0 Å². The minimum atomic E-state index is -0.427. The molecule has 0 amide bonds. The molecular formula is C12H18ClN3O2. The molecule has 0 aromatic carbocycles. The number of pyridine rings is 1. The van der Waals surface area contributed by atoms with E-state index in [9.17, 15) is 10.1 Å². The lowest BCUT2D eigenvalue weighted by molar-refractivity contribution is -0.386. The van der Waals surface area contributed by atoms with Crippen LogP contribution in [0.1, 0.15) is 38.8 Å². The van der Waals surface area contributed by atoms with Gasteiger partial charge in [-0.25, -0.2) is 0 Å². The number of halogens is 1. The van der Waals surface area contributed by atoms with Gasteiger partial charge < -0.3 is 5.32 Å². The molecule has 0 spiro atoms. The van der Waals surface area contributed by atoms with Crippen LogP contribution in [0.15, 0.2) is 12.3 Å². The van der Waals surface area contributed by atoms with Gasteiger partial charge in [0.15, 0.2) is 0 Å². The highest BCUT2D eigenvalue weighted by atomic mass is 35.5. The minimum absolute atomic E-state index is 0.00801. The van der Waals surface area contributed by atoms with Crippen molar-refractivity contribution >= 4 is 17.3 Å². The van der Waals surface area contributed by atoms with Crippen molar-refractivity contribution in [2.45, 2.75) is 39.2 Å². The van der Waals surface area contributed by atoms with Crippen LogP contribution in [0.2, 0.25) is 5.02 Å². The Morgan fingerprint density at radius 3 is 2.72 bits per heavy atom. The average Bonchev–Trinajstić information content (AvgIpc) is 2.35. The molecule has 1 aromatic heterocycles.